The predicted molar refractivity (Wildman–Crippen MR) is 19.3 cm³/mol. The molecule has 0 fully saturated rings. The zero-order valence-corrected chi connectivity index (χ0v) is 4.21. The van der Waals surface area contributed by atoms with Crippen LogP contribution in [0.25, 0.3) is 0 Å². The first-order valence-electron chi connectivity index (χ1n) is 1.11. The molecule has 40 valence electrons. The lowest BCUT2D eigenvalue weighted by Gasteiger charge is -1.55. The first kappa shape index (κ1) is 9.37. The van der Waals surface area contributed by atoms with Crippen molar-refractivity contribution < 1.29 is 18.8 Å². The smallest absolute Gasteiger partial charge is 0.511 e. The Morgan fingerprint density at radius 3 is 1.57 bits per heavy atom. The summed E-state index contributed by atoms with van der Waals surface area (Å²) in [5.74, 6) is 0. The van der Waals surface area contributed by atoms with Crippen molar-refractivity contribution in [2.75, 3.05) is 0 Å². The Hall–Kier alpha value is -1.00. The highest BCUT2D eigenvalue weighted by atomic mass is 28.3. The maximum Gasteiger partial charge on any atom is 0.761 e. The van der Waals surface area contributed by atoms with Gasteiger partial charge in [0.2, 0.25) is 6.08 Å². The molecular weight excluding hydrogens is 118 g/mol. The molecule has 0 atom stereocenters. The van der Waals surface area contributed by atoms with Crippen molar-refractivity contribution in [3.63, 3.8) is 0 Å². The summed E-state index contributed by atoms with van der Waals surface area (Å²) >= 11 is 0. The number of carbonyl (C=O) groups excluding carboxylic acids is 1. The highest BCUT2D eigenvalue weighted by molar-refractivity contribution is 6.22. The number of hydrogen-bond donors (Lipinski definition) is 3. The van der Waals surface area contributed by atoms with Gasteiger partial charge < -0.3 is 9.59 Å². The van der Waals surface area contributed by atoms with Gasteiger partial charge in [0.25, 0.3) is 0 Å². The standard InChI is InChI=1S/CHNO.H2O3Si/c2-1-3;1-4(2)3/h2H;1-2H. The molecule has 7 heavy (non-hydrogen) atoms. The van der Waals surface area contributed by atoms with E-state index in [1.807, 2.05) is 0 Å². The SMILES string of the molecule is N=C=O.O=[Si](O)O. The Morgan fingerprint density at radius 2 is 1.57 bits per heavy atom. The van der Waals surface area contributed by atoms with Crippen LogP contribution < -0.4 is 0 Å². The van der Waals surface area contributed by atoms with Gasteiger partial charge in [-0.15, -0.1) is 0 Å². The predicted octanol–water partition coefficient (Wildman–Crippen LogP) is -1.71. The summed E-state index contributed by atoms with van der Waals surface area (Å²) in [6.45, 7) is 0. The lowest BCUT2D eigenvalue weighted by molar-refractivity contribution is 0.330. The molecule has 0 heterocycles. The molecular formula is CH3NO4Si. The lowest BCUT2D eigenvalue weighted by Crippen LogP contribution is -1.90. The van der Waals surface area contributed by atoms with Crippen LogP contribution in [0.4, 0.5) is 0 Å². The van der Waals surface area contributed by atoms with Gasteiger partial charge in [0.1, 0.15) is 0 Å². The summed E-state index contributed by atoms with van der Waals surface area (Å²) in [4.78, 5) is 22.7. The molecule has 0 aliphatic carbocycles. The number of isocyanates is 1. The van der Waals surface area contributed by atoms with Crippen LogP contribution in [0.5, 0.6) is 0 Å². The second-order valence-corrected chi connectivity index (χ2v) is 0.950. The molecule has 0 aromatic rings. The molecule has 0 rings (SSSR count). The van der Waals surface area contributed by atoms with Gasteiger partial charge in [-0.2, -0.15) is 0 Å². The van der Waals surface area contributed by atoms with Crippen LogP contribution in [0.2, 0.25) is 0 Å². The van der Waals surface area contributed by atoms with E-state index in [9.17, 15) is 0 Å². The second-order valence-electron chi connectivity index (χ2n) is 0.385. The van der Waals surface area contributed by atoms with Crippen molar-refractivity contribution in [2.24, 2.45) is 0 Å². The van der Waals surface area contributed by atoms with Gasteiger partial charge in [-0.1, -0.05) is 0 Å². The van der Waals surface area contributed by atoms with E-state index in [0.29, 0.717) is 0 Å². The van der Waals surface area contributed by atoms with E-state index < -0.39 is 9.17 Å². The molecule has 0 saturated heterocycles. The van der Waals surface area contributed by atoms with Gasteiger partial charge >= 0.3 is 9.17 Å². The van der Waals surface area contributed by atoms with E-state index in [4.69, 9.17) is 24.3 Å². The van der Waals surface area contributed by atoms with Gasteiger partial charge in [-0.25, -0.2) is 10.2 Å². The van der Waals surface area contributed by atoms with E-state index in [0.717, 1.165) is 6.08 Å². The Kier molecular flexibility index (Phi) is 11.9. The van der Waals surface area contributed by atoms with Crippen molar-refractivity contribution in [1.82, 2.24) is 0 Å². The molecule has 5 nitrogen and oxygen atoms in total. The maximum absolute atomic E-state index is 8.74. The minimum atomic E-state index is -3.13. The lowest BCUT2D eigenvalue weighted by atomic mass is 11.7. The van der Waals surface area contributed by atoms with E-state index in [-0.39, 0.29) is 0 Å². The molecule has 0 radical (unpaired) electrons. The van der Waals surface area contributed by atoms with Crippen molar-refractivity contribution >= 4 is 15.3 Å². The summed E-state index contributed by atoms with van der Waals surface area (Å²) in [6.07, 6.45) is 0.750. The Morgan fingerprint density at radius 1 is 1.57 bits per heavy atom. The average Bonchev–Trinajstić information content (AvgIpc) is 1.33. The monoisotopic (exact) mass is 121 g/mol. The minimum Gasteiger partial charge on any atom is -0.511 e. The first-order chi connectivity index (χ1) is 3.15. The minimum absolute atomic E-state index is 0.750. The van der Waals surface area contributed by atoms with Gasteiger partial charge in [-0.3, -0.25) is 4.46 Å². The molecule has 0 spiro atoms. The fourth-order valence-corrected chi connectivity index (χ4v) is 0. The van der Waals surface area contributed by atoms with Crippen LogP contribution in [0.15, 0.2) is 0 Å². The third-order valence-electron chi connectivity index (χ3n) is 0. The molecule has 0 aliphatic heterocycles. The molecule has 3 N–H and O–H groups in total. The van der Waals surface area contributed by atoms with E-state index in [1.54, 1.807) is 0 Å². The summed E-state index contributed by atoms with van der Waals surface area (Å²) in [5, 5.41) is 5.40. The van der Waals surface area contributed by atoms with Crippen LogP contribution in [0, 0.1) is 5.41 Å². The van der Waals surface area contributed by atoms with E-state index >= 15 is 0 Å². The van der Waals surface area contributed by atoms with Gasteiger partial charge in [0, 0.05) is 0 Å². The summed E-state index contributed by atoms with van der Waals surface area (Å²) < 4.78 is 8.74. The van der Waals surface area contributed by atoms with Crippen molar-refractivity contribution in [1.29, 1.82) is 5.41 Å². The van der Waals surface area contributed by atoms with Crippen LogP contribution >= 0.6 is 0 Å². The zero-order chi connectivity index (χ0) is 6.28. The number of hydrogen-bond acceptors (Lipinski definition) is 3. The summed E-state index contributed by atoms with van der Waals surface area (Å²) in [5.41, 5.74) is 0. The summed E-state index contributed by atoms with van der Waals surface area (Å²) in [7, 11) is -3.13. The van der Waals surface area contributed by atoms with E-state index in [1.165, 1.54) is 0 Å². The third-order valence-corrected chi connectivity index (χ3v) is 0. The third kappa shape index (κ3) is 44.6. The Labute approximate surface area is 40.6 Å². The molecule has 0 aromatic heterocycles. The molecule has 0 aliphatic rings. The molecule has 0 aromatic carbocycles. The van der Waals surface area contributed by atoms with Crippen LogP contribution in [0.3, 0.4) is 0 Å². The topological polar surface area (TPSA) is 98.5 Å². The Balaban J connectivity index is 0. The van der Waals surface area contributed by atoms with Gasteiger partial charge in [-0.05, 0) is 0 Å². The molecule has 6 heteroatoms. The maximum atomic E-state index is 8.74. The van der Waals surface area contributed by atoms with Crippen molar-refractivity contribution in [3.8, 4) is 0 Å². The Bertz CT molecular complexity index is 79.7. The largest absolute Gasteiger partial charge is 0.761 e. The van der Waals surface area contributed by atoms with Gasteiger partial charge in [0.05, 0.1) is 0 Å². The second kappa shape index (κ2) is 8.89. The van der Waals surface area contributed by atoms with Crippen LogP contribution in [-0.2, 0) is 9.26 Å². The normalized spacial score (nSPS) is 4.57. The molecule has 0 saturated carbocycles. The fourth-order valence-electron chi connectivity index (χ4n) is 0. The van der Waals surface area contributed by atoms with E-state index in [2.05, 4.69) is 0 Å². The molecule has 0 amide bonds. The van der Waals surface area contributed by atoms with Gasteiger partial charge in [0.15, 0.2) is 0 Å². The molecule has 0 bridgehead atoms. The number of rotatable bonds is 0. The fraction of sp³-hybridized carbons (Fsp3) is 0. The first-order valence-corrected chi connectivity index (χ1v) is 2.41. The van der Waals surface area contributed by atoms with Crippen molar-refractivity contribution in [3.05, 3.63) is 0 Å². The average molecular weight is 121 g/mol. The highest BCUT2D eigenvalue weighted by Crippen LogP contribution is 1.27. The quantitative estimate of drug-likeness (QED) is 0.202. The van der Waals surface area contributed by atoms with Crippen LogP contribution in [0.1, 0.15) is 0 Å². The zero-order valence-electron chi connectivity index (χ0n) is 3.21. The van der Waals surface area contributed by atoms with Crippen molar-refractivity contribution in [2.45, 2.75) is 0 Å². The van der Waals surface area contributed by atoms with Crippen LogP contribution in [-0.4, -0.2) is 24.8 Å². The highest BCUT2D eigenvalue weighted by Gasteiger charge is 1.85. The summed E-state index contributed by atoms with van der Waals surface area (Å²) in [6, 6.07) is 0. The number of nitrogens with one attached hydrogen (secondary N) is 1. The molecule has 0 unspecified atom stereocenters.